The Bertz CT molecular complexity index is 854. The summed E-state index contributed by atoms with van der Waals surface area (Å²) in [4.78, 5) is 36.6. The summed E-state index contributed by atoms with van der Waals surface area (Å²) in [7, 11) is 2.74. The number of methoxy groups -OCH3 is 2. The number of carboxylic acids is 1. The number of carboxylic acid groups (broad SMARTS) is 1. The van der Waals surface area contributed by atoms with Gasteiger partial charge in [-0.3, -0.25) is 0 Å². The maximum Gasteiger partial charge on any atom is 0.337 e. The molecule has 28 heavy (non-hydrogen) atoms. The van der Waals surface area contributed by atoms with E-state index in [1.54, 1.807) is 32.0 Å². The number of hydrogen-bond acceptors (Lipinski definition) is 7. The van der Waals surface area contributed by atoms with Gasteiger partial charge in [0.15, 0.2) is 0 Å². The summed E-state index contributed by atoms with van der Waals surface area (Å²) in [5.41, 5.74) is 1.79. The molecule has 1 aliphatic heterocycles. The van der Waals surface area contributed by atoms with Gasteiger partial charge in [-0.15, -0.1) is 0 Å². The van der Waals surface area contributed by atoms with Crippen LogP contribution in [0.2, 0.25) is 0 Å². The highest BCUT2D eigenvalue weighted by atomic mass is 16.6. The quantitative estimate of drug-likeness (QED) is 0.538. The molecule has 0 fully saturated rings. The first-order chi connectivity index (χ1) is 13.3. The molecule has 1 unspecified atom stereocenters. The van der Waals surface area contributed by atoms with Crippen LogP contribution in [0, 0.1) is 0 Å². The number of ether oxygens (including phenoxy) is 3. The molecule has 150 valence electrons. The van der Waals surface area contributed by atoms with Crippen LogP contribution in [0.3, 0.4) is 0 Å². The van der Waals surface area contributed by atoms with Crippen molar-refractivity contribution in [2.24, 2.45) is 0 Å². The molecule has 0 spiro atoms. The monoisotopic (exact) mass is 389 g/mol. The molecule has 1 atom stereocenters. The zero-order valence-electron chi connectivity index (χ0n) is 16.2. The van der Waals surface area contributed by atoms with Crippen LogP contribution in [-0.4, -0.2) is 50.4 Å². The van der Waals surface area contributed by atoms with E-state index < -0.39 is 23.8 Å². The average molecular weight is 389 g/mol. The first-order valence-electron chi connectivity index (χ1n) is 8.58. The number of carbonyl (C=O) groups is 3. The van der Waals surface area contributed by atoms with Gasteiger partial charge in [0.2, 0.25) is 0 Å². The normalized spacial score (nSPS) is 16.5. The van der Waals surface area contributed by atoms with Crippen molar-refractivity contribution in [1.29, 1.82) is 0 Å². The molecule has 8 nitrogen and oxygen atoms in total. The largest absolute Gasteiger partial charge is 0.478 e. The summed E-state index contributed by atoms with van der Waals surface area (Å²) in [6.45, 7) is 3.55. The minimum absolute atomic E-state index is 0.00584. The Balaban J connectivity index is 2.57. The van der Waals surface area contributed by atoms with E-state index >= 15 is 0 Å². The highest BCUT2D eigenvalue weighted by Gasteiger charge is 2.37. The zero-order valence-corrected chi connectivity index (χ0v) is 16.2. The van der Waals surface area contributed by atoms with Gasteiger partial charge in [-0.05, 0) is 31.5 Å². The fraction of sp³-hybridized carbons (Fsp3) is 0.350. The molecule has 1 aliphatic rings. The standard InChI is InChI=1S/C20H23NO7/c1-11-15(18(22)23)17(13-6-5-7-14(10-13)19(24)27-4)16(12(2)21-11)20(25)28-9-8-26-3/h5-7,10,17,21H,8-9H2,1-4H3,(H,22,23). The summed E-state index contributed by atoms with van der Waals surface area (Å²) < 4.78 is 14.9. The van der Waals surface area contributed by atoms with E-state index in [4.69, 9.17) is 14.2 Å². The van der Waals surface area contributed by atoms with E-state index in [0.29, 0.717) is 17.0 Å². The molecule has 2 N–H and O–H groups in total. The fourth-order valence-electron chi connectivity index (χ4n) is 3.14. The third-order valence-corrected chi connectivity index (χ3v) is 4.37. The number of rotatable bonds is 7. The predicted molar refractivity (Wildman–Crippen MR) is 99.5 cm³/mol. The third-order valence-electron chi connectivity index (χ3n) is 4.37. The fourth-order valence-corrected chi connectivity index (χ4v) is 3.14. The second-order valence-corrected chi connectivity index (χ2v) is 6.19. The van der Waals surface area contributed by atoms with Gasteiger partial charge in [-0.2, -0.15) is 0 Å². The van der Waals surface area contributed by atoms with Crippen LogP contribution in [0.1, 0.15) is 35.7 Å². The van der Waals surface area contributed by atoms with Crippen LogP contribution in [0.4, 0.5) is 0 Å². The van der Waals surface area contributed by atoms with Crippen molar-refractivity contribution in [1.82, 2.24) is 5.32 Å². The lowest BCUT2D eigenvalue weighted by atomic mass is 9.80. The van der Waals surface area contributed by atoms with Crippen LogP contribution < -0.4 is 5.32 Å². The summed E-state index contributed by atoms with van der Waals surface area (Å²) in [6, 6.07) is 6.35. The first kappa shape index (κ1) is 21.2. The van der Waals surface area contributed by atoms with Crippen molar-refractivity contribution >= 4 is 17.9 Å². The zero-order chi connectivity index (χ0) is 20.8. The van der Waals surface area contributed by atoms with E-state index in [-0.39, 0.29) is 29.9 Å². The second kappa shape index (κ2) is 9.18. The molecule has 0 amide bonds. The van der Waals surface area contributed by atoms with Crippen molar-refractivity contribution in [2.75, 3.05) is 27.4 Å². The number of esters is 2. The van der Waals surface area contributed by atoms with E-state index in [2.05, 4.69) is 5.32 Å². The molecule has 0 saturated heterocycles. The van der Waals surface area contributed by atoms with Crippen LogP contribution in [0.25, 0.3) is 0 Å². The van der Waals surface area contributed by atoms with Crippen molar-refractivity contribution in [3.63, 3.8) is 0 Å². The molecule has 0 aromatic heterocycles. The van der Waals surface area contributed by atoms with Crippen LogP contribution in [0.15, 0.2) is 46.8 Å². The lowest BCUT2D eigenvalue weighted by Gasteiger charge is -2.29. The number of carbonyl (C=O) groups excluding carboxylic acids is 2. The average Bonchev–Trinajstić information content (AvgIpc) is 2.66. The Labute approximate surface area is 162 Å². The molecule has 0 bridgehead atoms. The van der Waals surface area contributed by atoms with Gasteiger partial charge >= 0.3 is 17.9 Å². The summed E-state index contributed by atoms with van der Waals surface area (Å²) in [5.74, 6) is -3.29. The molecular formula is C20H23NO7. The SMILES string of the molecule is COCCOC(=O)C1=C(C)NC(C)=C(C(=O)O)C1c1cccc(C(=O)OC)c1. The number of benzene rings is 1. The van der Waals surface area contributed by atoms with Crippen molar-refractivity contribution in [2.45, 2.75) is 19.8 Å². The van der Waals surface area contributed by atoms with Crippen molar-refractivity contribution in [3.05, 3.63) is 57.9 Å². The summed E-state index contributed by atoms with van der Waals surface area (Å²) in [5, 5.41) is 12.7. The van der Waals surface area contributed by atoms with Crippen LogP contribution in [0.5, 0.6) is 0 Å². The van der Waals surface area contributed by atoms with E-state index in [9.17, 15) is 19.5 Å². The molecular weight excluding hydrogens is 366 g/mol. The number of allylic oxidation sites excluding steroid dienone is 2. The number of dihydropyridines is 1. The molecule has 2 rings (SSSR count). The Morgan fingerprint density at radius 1 is 1.04 bits per heavy atom. The van der Waals surface area contributed by atoms with Crippen molar-refractivity contribution in [3.8, 4) is 0 Å². The molecule has 0 saturated carbocycles. The van der Waals surface area contributed by atoms with Gasteiger partial charge in [-0.25, -0.2) is 14.4 Å². The maximum atomic E-state index is 12.7. The number of hydrogen-bond donors (Lipinski definition) is 2. The first-order valence-corrected chi connectivity index (χ1v) is 8.58. The second-order valence-electron chi connectivity index (χ2n) is 6.19. The lowest BCUT2D eigenvalue weighted by Crippen LogP contribution is -2.32. The minimum atomic E-state index is -1.17. The smallest absolute Gasteiger partial charge is 0.337 e. The van der Waals surface area contributed by atoms with Crippen molar-refractivity contribution < 1.29 is 33.7 Å². The van der Waals surface area contributed by atoms with Gasteiger partial charge in [0.05, 0.1) is 36.3 Å². The Kier molecular flexibility index (Phi) is 6.94. The van der Waals surface area contributed by atoms with Gasteiger partial charge in [-0.1, -0.05) is 12.1 Å². The summed E-state index contributed by atoms with van der Waals surface area (Å²) >= 11 is 0. The lowest BCUT2D eigenvalue weighted by molar-refractivity contribution is -0.140. The van der Waals surface area contributed by atoms with E-state index in [1.807, 2.05) is 0 Å². The molecule has 1 aromatic rings. The predicted octanol–water partition coefficient (Wildman–Crippen LogP) is 1.98. The van der Waals surface area contributed by atoms with E-state index in [0.717, 1.165) is 0 Å². The molecule has 8 heteroatoms. The van der Waals surface area contributed by atoms with Gasteiger partial charge in [0.1, 0.15) is 6.61 Å². The number of nitrogens with one attached hydrogen (secondary N) is 1. The van der Waals surface area contributed by atoms with Gasteiger partial charge < -0.3 is 24.6 Å². The Morgan fingerprint density at radius 2 is 1.71 bits per heavy atom. The molecule has 0 aliphatic carbocycles. The van der Waals surface area contributed by atoms with Gasteiger partial charge in [0.25, 0.3) is 0 Å². The number of aliphatic carboxylic acids is 1. The van der Waals surface area contributed by atoms with Gasteiger partial charge in [0, 0.05) is 18.5 Å². The summed E-state index contributed by atoms with van der Waals surface area (Å²) in [6.07, 6.45) is 0. The Morgan fingerprint density at radius 3 is 2.32 bits per heavy atom. The Hall–Kier alpha value is -3.13. The maximum absolute atomic E-state index is 12.7. The van der Waals surface area contributed by atoms with Crippen LogP contribution >= 0.6 is 0 Å². The third kappa shape index (κ3) is 4.40. The highest BCUT2D eigenvalue weighted by molar-refractivity contribution is 5.99. The molecule has 1 heterocycles. The minimum Gasteiger partial charge on any atom is -0.478 e. The molecule has 1 aromatic carbocycles. The van der Waals surface area contributed by atoms with E-state index in [1.165, 1.54) is 20.3 Å². The van der Waals surface area contributed by atoms with Crippen LogP contribution in [-0.2, 0) is 23.8 Å². The highest BCUT2D eigenvalue weighted by Crippen LogP contribution is 2.39. The molecule has 0 radical (unpaired) electrons. The topological polar surface area (TPSA) is 111 Å².